The summed E-state index contributed by atoms with van der Waals surface area (Å²) in [4.78, 5) is 4.46. The van der Waals surface area contributed by atoms with Gasteiger partial charge in [0.05, 0.1) is 12.0 Å². The molecule has 0 saturated carbocycles. The molecule has 0 amide bonds. The molecule has 0 unspecified atom stereocenters. The third kappa shape index (κ3) is 2.54. The summed E-state index contributed by atoms with van der Waals surface area (Å²) in [6.07, 6.45) is 6.47. The molecule has 19 heavy (non-hydrogen) atoms. The van der Waals surface area contributed by atoms with E-state index in [0.29, 0.717) is 13.1 Å². The van der Waals surface area contributed by atoms with Crippen molar-refractivity contribution in [3.63, 3.8) is 0 Å². The van der Waals surface area contributed by atoms with Crippen LogP contribution in [0.5, 0.6) is 0 Å². The molecule has 2 N–H and O–H groups in total. The molecule has 3 rings (SSSR count). The van der Waals surface area contributed by atoms with Crippen molar-refractivity contribution in [1.82, 2.24) is 9.55 Å². The highest BCUT2D eigenvalue weighted by molar-refractivity contribution is 5.26. The van der Waals surface area contributed by atoms with Crippen LogP contribution in [0.2, 0.25) is 0 Å². The lowest BCUT2D eigenvalue weighted by Gasteiger charge is -2.14. The molecule has 0 aliphatic heterocycles. The van der Waals surface area contributed by atoms with Crippen LogP contribution in [-0.2, 0) is 25.9 Å². The number of hydrogen-bond acceptors (Lipinski definition) is 2. The number of nitrogens with two attached hydrogens (primary N) is 1. The Bertz CT molecular complexity index is 589. The van der Waals surface area contributed by atoms with E-state index < -0.39 is 0 Å². The Balaban J connectivity index is 1.89. The molecule has 0 spiro atoms. The minimum atomic E-state index is -0.216. The molecule has 1 aromatic heterocycles. The molecule has 2 aromatic rings. The van der Waals surface area contributed by atoms with Gasteiger partial charge in [0.15, 0.2) is 0 Å². The van der Waals surface area contributed by atoms with Crippen molar-refractivity contribution < 1.29 is 4.39 Å². The minimum absolute atomic E-state index is 0.216. The van der Waals surface area contributed by atoms with Crippen LogP contribution in [0.1, 0.15) is 35.4 Å². The molecule has 0 radical (unpaired) electrons. The quantitative estimate of drug-likeness (QED) is 0.920. The van der Waals surface area contributed by atoms with Gasteiger partial charge in [-0.1, -0.05) is 6.07 Å². The molecule has 4 heteroatoms. The van der Waals surface area contributed by atoms with Gasteiger partial charge in [0.2, 0.25) is 0 Å². The Morgan fingerprint density at radius 2 is 1.95 bits per heavy atom. The van der Waals surface area contributed by atoms with Crippen molar-refractivity contribution in [1.29, 1.82) is 0 Å². The smallest absolute Gasteiger partial charge is 0.123 e. The highest BCUT2D eigenvalue weighted by Crippen LogP contribution is 2.21. The van der Waals surface area contributed by atoms with Gasteiger partial charge >= 0.3 is 0 Å². The molecule has 0 saturated heterocycles. The predicted molar refractivity (Wildman–Crippen MR) is 72.3 cm³/mol. The monoisotopic (exact) mass is 259 g/mol. The summed E-state index contributed by atoms with van der Waals surface area (Å²) in [5, 5.41) is 0. The lowest BCUT2D eigenvalue weighted by molar-refractivity contribution is 0.612. The van der Waals surface area contributed by atoms with Crippen molar-refractivity contribution in [2.75, 3.05) is 0 Å². The Labute approximate surface area is 112 Å². The van der Waals surface area contributed by atoms with Crippen molar-refractivity contribution in [2.24, 2.45) is 5.73 Å². The van der Waals surface area contributed by atoms with E-state index >= 15 is 0 Å². The van der Waals surface area contributed by atoms with Crippen molar-refractivity contribution in [3.8, 4) is 0 Å². The molecule has 0 atom stereocenters. The van der Waals surface area contributed by atoms with E-state index in [4.69, 9.17) is 5.73 Å². The zero-order valence-corrected chi connectivity index (χ0v) is 10.9. The van der Waals surface area contributed by atoms with Gasteiger partial charge in [-0.3, -0.25) is 0 Å². The molecule has 100 valence electrons. The van der Waals surface area contributed by atoms with E-state index in [2.05, 4.69) is 9.55 Å². The summed E-state index contributed by atoms with van der Waals surface area (Å²) in [6, 6.07) is 5.04. The molecule has 0 bridgehead atoms. The lowest BCUT2D eigenvalue weighted by atomic mass is 10.0. The highest BCUT2D eigenvalue weighted by Gasteiger charge is 2.15. The first-order valence-corrected chi connectivity index (χ1v) is 6.77. The van der Waals surface area contributed by atoms with Gasteiger partial charge in [0.1, 0.15) is 5.82 Å². The standard InChI is InChI=1S/C15H18FN3/c16-13-6-11(8-17)5-12(7-13)9-19-10-18-14-3-1-2-4-15(14)19/h5-7,10H,1-4,8-9,17H2. The maximum absolute atomic E-state index is 13.5. The van der Waals surface area contributed by atoms with E-state index in [-0.39, 0.29) is 5.82 Å². The molecule has 1 aliphatic rings. The normalized spacial score (nSPS) is 14.4. The molecule has 1 aliphatic carbocycles. The number of hydrogen-bond donors (Lipinski definition) is 1. The van der Waals surface area contributed by atoms with Crippen molar-refractivity contribution in [3.05, 3.63) is 52.9 Å². The van der Waals surface area contributed by atoms with Gasteiger partial charge in [0.25, 0.3) is 0 Å². The Morgan fingerprint density at radius 1 is 1.16 bits per heavy atom. The Kier molecular flexibility index (Phi) is 3.34. The van der Waals surface area contributed by atoms with E-state index in [1.54, 1.807) is 6.07 Å². The minimum Gasteiger partial charge on any atom is -0.330 e. The van der Waals surface area contributed by atoms with E-state index in [1.165, 1.54) is 30.3 Å². The molecular weight excluding hydrogens is 241 g/mol. The summed E-state index contributed by atoms with van der Waals surface area (Å²) >= 11 is 0. The first-order valence-electron chi connectivity index (χ1n) is 6.77. The van der Waals surface area contributed by atoms with E-state index in [0.717, 1.165) is 24.0 Å². The topological polar surface area (TPSA) is 43.8 Å². The number of imidazole rings is 1. The molecule has 3 nitrogen and oxygen atoms in total. The van der Waals surface area contributed by atoms with Crippen LogP contribution in [0.4, 0.5) is 4.39 Å². The largest absolute Gasteiger partial charge is 0.330 e. The molecular formula is C15H18FN3. The average molecular weight is 259 g/mol. The van der Waals surface area contributed by atoms with Crippen LogP contribution >= 0.6 is 0 Å². The van der Waals surface area contributed by atoms with Crippen LogP contribution < -0.4 is 5.73 Å². The predicted octanol–water partition coefficient (Wildman–Crippen LogP) is 2.41. The van der Waals surface area contributed by atoms with Crippen molar-refractivity contribution in [2.45, 2.75) is 38.8 Å². The molecule has 1 heterocycles. The van der Waals surface area contributed by atoms with Crippen molar-refractivity contribution >= 4 is 0 Å². The number of aryl methyl sites for hydroxylation is 1. The first-order chi connectivity index (χ1) is 9.26. The van der Waals surface area contributed by atoms with E-state index in [9.17, 15) is 4.39 Å². The van der Waals surface area contributed by atoms with Gasteiger partial charge in [-0.05, 0) is 48.9 Å². The van der Waals surface area contributed by atoms with Gasteiger partial charge in [-0.2, -0.15) is 0 Å². The Morgan fingerprint density at radius 3 is 2.79 bits per heavy atom. The second-order valence-corrected chi connectivity index (χ2v) is 5.14. The summed E-state index contributed by atoms with van der Waals surface area (Å²) in [6.45, 7) is 1.04. The number of benzene rings is 1. The van der Waals surface area contributed by atoms with Crippen LogP contribution in [-0.4, -0.2) is 9.55 Å². The first kappa shape index (κ1) is 12.4. The fraction of sp³-hybridized carbons (Fsp3) is 0.400. The summed E-state index contributed by atoms with van der Waals surface area (Å²) in [5.41, 5.74) is 9.89. The molecule has 0 fully saturated rings. The third-order valence-corrected chi connectivity index (χ3v) is 3.72. The van der Waals surface area contributed by atoms with Gasteiger partial charge < -0.3 is 10.3 Å². The zero-order chi connectivity index (χ0) is 13.2. The van der Waals surface area contributed by atoms with Gasteiger partial charge in [-0.15, -0.1) is 0 Å². The fourth-order valence-electron chi connectivity index (χ4n) is 2.79. The number of aromatic nitrogens is 2. The van der Waals surface area contributed by atoms with Gasteiger partial charge in [0, 0.05) is 18.8 Å². The zero-order valence-electron chi connectivity index (χ0n) is 10.9. The third-order valence-electron chi connectivity index (χ3n) is 3.72. The van der Waals surface area contributed by atoms with Gasteiger partial charge in [-0.25, -0.2) is 9.37 Å². The summed E-state index contributed by atoms with van der Waals surface area (Å²) < 4.78 is 15.6. The van der Waals surface area contributed by atoms with Crippen LogP contribution in [0.15, 0.2) is 24.5 Å². The number of rotatable bonds is 3. The maximum Gasteiger partial charge on any atom is 0.123 e. The number of halogens is 1. The van der Waals surface area contributed by atoms with Crippen LogP contribution in [0, 0.1) is 5.82 Å². The highest BCUT2D eigenvalue weighted by atomic mass is 19.1. The SMILES string of the molecule is NCc1cc(F)cc(Cn2cnc3c2CCCC3)c1. The number of nitrogens with zero attached hydrogens (tertiary/aromatic N) is 2. The second kappa shape index (κ2) is 5.13. The van der Waals surface area contributed by atoms with Crippen LogP contribution in [0.25, 0.3) is 0 Å². The number of fused-ring (bicyclic) bond motifs is 1. The molecule has 1 aromatic carbocycles. The summed E-state index contributed by atoms with van der Waals surface area (Å²) in [5.74, 6) is -0.216. The Hall–Kier alpha value is -1.68. The van der Waals surface area contributed by atoms with Crippen LogP contribution in [0.3, 0.4) is 0 Å². The average Bonchev–Trinajstić information content (AvgIpc) is 2.82. The maximum atomic E-state index is 13.5. The van der Waals surface area contributed by atoms with E-state index in [1.807, 2.05) is 12.4 Å². The second-order valence-electron chi connectivity index (χ2n) is 5.14. The summed E-state index contributed by atoms with van der Waals surface area (Å²) in [7, 11) is 0. The fourth-order valence-corrected chi connectivity index (χ4v) is 2.79. The lowest BCUT2D eigenvalue weighted by Crippen LogP contribution is -2.09.